The van der Waals surface area contributed by atoms with Crippen LogP contribution in [0.3, 0.4) is 0 Å². The fraction of sp³-hybridized carbons (Fsp3) is 0.130. The summed E-state index contributed by atoms with van der Waals surface area (Å²) in [4.78, 5) is 44.0. The van der Waals surface area contributed by atoms with E-state index in [2.05, 4.69) is 38.2 Å². The van der Waals surface area contributed by atoms with E-state index in [4.69, 9.17) is 0 Å². The smallest absolute Gasteiger partial charge is 0.274 e. The first kappa shape index (κ1) is 22.2. The maximum atomic E-state index is 13.2. The highest BCUT2D eigenvalue weighted by Gasteiger charge is 2.26. The van der Waals surface area contributed by atoms with Gasteiger partial charge in [-0.2, -0.15) is 0 Å². The van der Waals surface area contributed by atoms with Crippen LogP contribution in [0.25, 0.3) is 4.96 Å². The van der Waals surface area contributed by atoms with Gasteiger partial charge in [0.05, 0.1) is 0 Å². The summed E-state index contributed by atoms with van der Waals surface area (Å²) in [5, 5.41) is 5.66. The maximum absolute atomic E-state index is 13.2. The van der Waals surface area contributed by atoms with E-state index >= 15 is 0 Å². The van der Waals surface area contributed by atoms with E-state index in [0.29, 0.717) is 17.1 Å². The number of carbonyl (C=O) groups excluding carboxylic acids is 2. The zero-order valence-corrected chi connectivity index (χ0v) is 20.5. The van der Waals surface area contributed by atoms with Crippen LogP contribution in [0, 0.1) is 24.3 Å². The predicted molar refractivity (Wildman–Crippen MR) is 135 cm³/mol. The molecule has 2 aromatic heterocycles. The summed E-state index contributed by atoms with van der Waals surface area (Å²) in [6.07, 6.45) is 0. The maximum Gasteiger partial charge on any atom is 0.274 e. The van der Waals surface area contributed by atoms with Gasteiger partial charge in [-0.05, 0) is 84.8 Å². The lowest BCUT2D eigenvalue weighted by Crippen LogP contribution is -2.25. The number of nitrogens with zero attached hydrogens (tertiary/aromatic N) is 2. The molecule has 0 saturated heterocycles. The van der Waals surface area contributed by atoms with E-state index in [0.717, 1.165) is 26.0 Å². The van der Waals surface area contributed by atoms with Crippen LogP contribution in [0.2, 0.25) is 0 Å². The molecule has 0 fully saturated rings. The van der Waals surface area contributed by atoms with Crippen molar-refractivity contribution in [3.05, 3.63) is 89.8 Å². The molecule has 162 valence electrons. The Balaban J connectivity index is 1.81. The topological polar surface area (TPSA) is 92.6 Å². The first-order valence-corrected chi connectivity index (χ1v) is 11.6. The highest BCUT2D eigenvalue weighted by molar-refractivity contribution is 14.1. The quantitative estimate of drug-likeness (QED) is 0.353. The number of benzene rings is 2. The van der Waals surface area contributed by atoms with Crippen molar-refractivity contribution in [2.45, 2.75) is 20.8 Å². The molecule has 0 bridgehead atoms. The third-order valence-electron chi connectivity index (χ3n) is 5.02. The zero-order valence-electron chi connectivity index (χ0n) is 17.5. The molecule has 4 aromatic rings. The Morgan fingerprint density at radius 1 is 1.00 bits per heavy atom. The second-order valence-corrected chi connectivity index (χ2v) is 9.52. The van der Waals surface area contributed by atoms with Gasteiger partial charge in [-0.25, -0.2) is 9.38 Å². The molecule has 0 saturated carbocycles. The molecular weight excluding hydrogens is 539 g/mol. The number of hydrogen-bond acceptors (Lipinski definition) is 5. The third-order valence-corrected chi connectivity index (χ3v) is 6.78. The second kappa shape index (κ2) is 8.83. The number of aromatic nitrogens is 2. The van der Waals surface area contributed by atoms with Crippen molar-refractivity contribution in [3.8, 4) is 0 Å². The van der Waals surface area contributed by atoms with Crippen LogP contribution in [0.1, 0.15) is 37.0 Å². The van der Waals surface area contributed by atoms with E-state index in [1.165, 1.54) is 10.5 Å². The Morgan fingerprint density at radius 2 is 1.72 bits per heavy atom. The lowest BCUT2D eigenvalue weighted by molar-refractivity contribution is 0.0989. The summed E-state index contributed by atoms with van der Waals surface area (Å²) in [5.41, 5.74) is 3.23. The normalized spacial score (nSPS) is 10.9. The molecule has 32 heavy (non-hydrogen) atoms. The van der Waals surface area contributed by atoms with Gasteiger partial charge in [-0.1, -0.05) is 23.5 Å². The molecule has 2 N–H and O–H groups in total. The zero-order chi connectivity index (χ0) is 23.0. The molecule has 4 rings (SSSR count). The van der Waals surface area contributed by atoms with Gasteiger partial charge in [0.1, 0.15) is 10.6 Å². The second-order valence-electron chi connectivity index (χ2n) is 7.30. The van der Waals surface area contributed by atoms with Crippen LogP contribution in [0.5, 0.6) is 0 Å². The van der Waals surface area contributed by atoms with Crippen LogP contribution >= 0.6 is 33.9 Å². The molecule has 9 heteroatoms. The molecule has 0 unspecified atom stereocenters. The average molecular weight is 558 g/mol. The van der Waals surface area contributed by atoms with Crippen molar-refractivity contribution < 1.29 is 9.59 Å². The van der Waals surface area contributed by atoms with Gasteiger partial charge < -0.3 is 10.6 Å². The van der Waals surface area contributed by atoms with Gasteiger partial charge in [0.25, 0.3) is 17.4 Å². The Morgan fingerprint density at radius 3 is 2.44 bits per heavy atom. The Labute approximate surface area is 201 Å². The van der Waals surface area contributed by atoms with Crippen molar-refractivity contribution >= 4 is 62.1 Å². The van der Waals surface area contributed by atoms with Crippen molar-refractivity contribution in [2.75, 3.05) is 10.6 Å². The van der Waals surface area contributed by atoms with E-state index < -0.39 is 17.4 Å². The Hall–Kier alpha value is -3.05. The molecule has 0 radical (unpaired) electrons. The van der Waals surface area contributed by atoms with Crippen LogP contribution in [-0.2, 0) is 0 Å². The minimum atomic E-state index is -0.559. The van der Waals surface area contributed by atoms with Gasteiger partial charge in [-0.15, -0.1) is 0 Å². The molecule has 0 aliphatic rings. The summed E-state index contributed by atoms with van der Waals surface area (Å²) < 4.78 is 2.21. The third kappa shape index (κ3) is 4.30. The summed E-state index contributed by atoms with van der Waals surface area (Å²) in [6, 6.07) is 14.2. The van der Waals surface area contributed by atoms with Crippen molar-refractivity contribution in [2.24, 2.45) is 0 Å². The van der Waals surface area contributed by atoms with Crippen molar-refractivity contribution in [1.82, 2.24) is 9.38 Å². The number of thiazole rings is 1. The number of amides is 2. The van der Waals surface area contributed by atoms with Gasteiger partial charge in [0, 0.05) is 26.7 Å². The van der Waals surface area contributed by atoms with Crippen LogP contribution in [-0.4, -0.2) is 21.2 Å². The number of halogens is 1. The highest BCUT2D eigenvalue weighted by Crippen LogP contribution is 2.25. The number of carbonyl (C=O) groups is 2. The van der Waals surface area contributed by atoms with Crippen molar-refractivity contribution in [3.63, 3.8) is 0 Å². The minimum absolute atomic E-state index is 0.0381. The lowest BCUT2D eigenvalue weighted by Gasteiger charge is -2.11. The van der Waals surface area contributed by atoms with Gasteiger partial charge in [0.2, 0.25) is 0 Å². The predicted octanol–water partition coefficient (Wildman–Crippen LogP) is 4.79. The molecule has 7 nitrogen and oxygen atoms in total. The average Bonchev–Trinajstić information content (AvgIpc) is 3.13. The van der Waals surface area contributed by atoms with Crippen molar-refractivity contribution in [1.29, 1.82) is 0 Å². The van der Waals surface area contributed by atoms with E-state index in [1.807, 2.05) is 38.1 Å². The fourth-order valence-corrected chi connectivity index (χ4v) is 4.66. The summed E-state index contributed by atoms with van der Waals surface area (Å²) >= 11 is 3.18. The van der Waals surface area contributed by atoms with E-state index in [1.54, 1.807) is 25.1 Å². The highest BCUT2D eigenvalue weighted by atomic mass is 127. The van der Waals surface area contributed by atoms with E-state index in [9.17, 15) is 14.4 Å². The summed E-state index contributed by atoms with van der Waals surface area (Å²) in [5.74, 6) is -1.03. The molecule has 2 aromatic carbocycles. The largest absolute Gasteiger partial charge is 0.321 e. The molecule has 2 heterocycles. The Bertz CT molecular complexity index is 1420. The number of fused-ring (bicyclic) bond motifs is 1. The van der Waals surface area contributed by atoms with Gasteiger partial charge in [-0.3, -0.25) is 14.4 Å². The number of nitrogens with one attached hydrogen (secondary N) is 2. The molecule has 0 atom stereocenters. The number of rotatable bonds is 4. The number of anilines is 2. The summed E-state index contributed by atoms with van der Waals surface area (Å²) in [7, 11) is 0. The Kier molecular flexibility index (Phi) is 6.11. The number of hydrogen-bond donors (Lipinski definition) is 2. The minimum Gasteiger partial charge on any atom is -0.321 e. The molecule has 0 spiro atoms. The monoisotopic (exact) mass is 558 g/mol. The van der Waals surface area contributed by atoms with E-state index in [-0.39, 0.29) is 15.5 Å². The first-order valence-electron chi connectivity index (χ1n) is 9.72. The summed E-state index contributed by atoms with van der Waals surface area (Å²) in [6.45, 7) is 5.56. The standard InChI is InChI=1S/C23H19IN4O3S/c1-12-5-4-6-17(14(12)3)27-22(31)20-19(21(30)26-16-9-7-15(24)8-10-16)28-18(29)11-13(2)25-23(28)32-20/h4-11H,1-3H3,(H,26,30)(H,27,31). The molecule has 0 aliphatic carbocycles. The van der Waals surface area contributed by atoms with Crippen LogP contribution in [0.15, 0.2) is 53.3 Å². The SMILES string of the molecule is Cc1cc(=O)n2c(C(=O)Nc3ccc(I)cc3)c(C(=O)Nc3cccc(C)c3C)sc2n1. The fourth-order valence-electron chi connectivity index (χ4n) is 3.23. The lowest BCUT2D eigenvalue weighted by atomic mass is 10.1. The number of aryl methyl sites for hydroxylation is 2. The van der Waals surface area contributed by atoms with Crippen LogP contribution in [0.4, 0.5) is 11.4 Å². The molecule has 2 amide bonds. The first-order chi connectivity index (χ1) is 15.2. The molecular formula is C23H19IN4O3S. The van der Waals surface area contributed by atoms with Gasteiger partial charge in [0.15, 0.2) is 4.96 Å². The van der Waals surface area contributed by atoms with Crippen LogP contribution < -0.4 is 16.2 Å². The molecule has 0 aliphatic heterocycles. The van der Waals surface area contributed by atoms with Gasteiger partial charge >= 0.3 is 0 Å².